The number of amides is 3. The number of nitrogens with one attached hydrogen (secondary N) is 2. The van der Waals surface area contributed by atoms with Crippen LogP contribution in [0.15, 0.2) is 40.0 Å². The Hall–Kier alpha value is -2.35. The fourth-order valence-electron chi connectivity index (χ4n) is 2.74. The molecule has 3 rings (SSSR count). The normalized spacial score (nSPS) is 20.6. The van der Waals surface area contributed by atoms with E-state index < -0.39 is 23.9 Å². The van der Waals surface area contributed by atoms with Crippen LogP contribution in [0.4, 0.5) is 4.79 Å². The molecule has 2 aliphatic heterocycles. The number of esters is 1. The zero-order chi connectivity index (χ0) is 16.6. The highest BCUT2D eigenvalue weighted by Crippen LogP contribution is 2.33. The van der Waals surface area contributed by atoms with Crippen molar-refractivity contribution in [3.8, 4) is 0 Å². The molecule has 0 radical (unpaired) electrons. The summed E-state index contributed by atoms with van der Waals surface area (Å²) in [5.74, 6) is -1.10. The minimum Gasteiger partial charge on any atom is -0.466 e. The van der Waals surface area contributed by atoms with Crippen molar-refractivity contribution in [1.29, 1.82) is 0 Å². The van der Waals surface area contributed by atoms with Gasteiger partial charge in [-0.2, -0.15) is 0 Å². The molecule has 8 heteroatoms. The van der Waals surface area contributed by atoms with E-state index in [0.29, 0.717) is 18.7 Å². The second-order valence-electron chi connectivity index (χ2n) is 5.10. The molecule has 1 atom stereocenters. The van der Waals surface area contributed by atoms with Gasteiger partial charge in [-0.25, -0.2) is 9.59 Å². The van der Waals surface area contributed by atoms with Gasteiger partial charge in [-0.3, -0.25) is 9.69 Å². The zero-order valence-corrected chi connectivity index (χ0v) is 13.8. The summed E-state index contributed by atoms with van der Waals surface area (Å²) >= 11 is 3.36. The van der Waals surface area contributed by atoms with E-state index in [1.54, 1.807) is 18.2 Å². The maximum atomic E-state index is 12.3. The lowest BCUT2D eigenvalue weighted by Gasteiger charge is -2.38. The van der Waals surface area contributed by atoms with Crippen molar-refractivity contribution in [2.75, 3.05) is 20.2 Å². The molecular weight excluding hydrogens is 366 g/mol. The van der Waals surface area contributed by atoms with Crippen LogP contribution in [0.3, 0.4) is 0 Å². The molecule has 1 fully saturated rings. The van der Waals surface area contributed by atoms with Gasteiger partial charge in [0.15, 0.2) is 0 Å². The van der Waals surface area contributed by atoms with E-state index in [1.165, 1.54) is 12.0 Å². The molecule has 1 aromatic carbocycles. The number of hydrogen-bond acceptors (Lipinski definition) is 4. The molecule has 3 amide bonds. The van der Waals surface area contributed by atoms with E-state index in [1.807, 2.05) is 6.07 Å². The topological polar surface area (TPSA) is 87.7 Å². The molecule has 2 aliphatic rings. The van der Waals surface area contributed by atoms with Gasteiger partial charge in [-0.05, 0) is 17.7 Å². The monoisotopic (exact) mass is 379 g/mol. The molecule has 1 unspecified atom stereocenters. The maximum Gasteiger partial charge on any atom is 0.338 e. The Balaban J connectivity index is 2.18. The van der Waals surface area contributed by atoms with Crippen molar-refractivity contribution in [2.24, 2.45) is 0 Å². The third kappa shape index (κ3) is 2.70. The Bertz CT molecular complexity index is 731. The van der Waals surface area contributed by atoms with Crippen LogP contribution in [0.2, 0.25) is 0 Å². The molecular formula is C15H14BrN3O4. The highest BCUT2D eigenvalue weighted by atomic mass is 79.9. The van der Waals surface area contributed by atoms with Crippen molar-refractivity contribution in [1.82, 2.24) is 15.5 Å². The summed E-state index contributed by atoms with van der Waals surface area (Å²) in [7, 11) is 1.25. The first kappa shape index (κ1) is 15.5. The van der Waals surface area contributed by atoms with Crippen molar-refractivity contribution in [3.05, 3.63) is 45.6 Å². The summed E-state index contributed by atoms with van der Waals surface area (Å²) < 4.78 is 5.64. The van der Waals surface area contributed by atoms with Gasteiger partial charge < -0.3 is 15.4 Å². The Labute approximate surface area is 140 Å². The highest BCUT2D eigenvalue weighted by Gasteiger charge is 2.42. The summed E-state index contributed by atoms with van der Waals surface area (Å²) in [6.45, 7) is 0.643. The first-order valence-electron chi connectivity index (χ1n) is 6.97. The third-order valence-corrected chi connectivity index (χ3v) is 4.24. The number of nitrogens with zero attached hydrogens (tertiary/aromatic N) is 1. The molecule has 0 aromatic heterocycles. The minimum absolute atomic E-state index is 0.0526. The lowest BCUT2D eigenvalue weighted by Crippen LogP contribution is -2.57. The number of urea groups is 1. The Kier molecular flexibility index (Phi) is 4.08. The van der Waals surface area contributed by atoms with E-state index in [-0.39, 0.29) is 11.3 Å². The molecule has 7 nitrogen and oxygen atoms in total. The molecule has 0 bridgehead atoms. The lowest BCUT2D eigenvalue weighted by molar-refractivity contribution is -0.137. The van der Waals surface area contributed by atoms with Gasteiger partial charge in [0, 0.05) is 17.6 Å². The summed E-state index contributed by atoms with van der Waals surface area (Å²) in [4.78, 5) is 38.1. The number of fused-ring (bicyclic) bond motifs is 1. The maximum absolute atomic E-state index is 12.3. The van der Waals surface area contributed by atoms with Crippen LogP contribution < -0.4 is 10.6 Å². The van der Waals surface area contributed by atoms with E-state index in [9.17, 15) is 14.4 Å². The standard InChI is InChI=1S/C15H14BrN3O4/c1-23-14(21)10-11(8-3-2-4-9(16)7-8)18-15(22)19-6-5-17-13(20)12(10)19/h2-4,7,11H,5-6H2,1H3,(H,17,20)(H,18,22). The van der Waals surface area contributed by atoms with Gasteiger partial charge in [-0.1, -0.05) is 28.1 Å². The summed E-state index contributed by atoms with van der Waals surface area (Å²) in [6.07, 6.45) is 0. The largest absolute Gasteiger partial charge is 0.466 e. The average molecular weight is 380 g/mol. The molecule has 1 aromatic rings. The predicted octanol–water partition coefficient (Wildman–Crippen LogP) is 1.07. The molecule has 1 saturated heterocycles. The molecule has 2 heterocycles. The number of halogens is 1. The van der Waals surface area contributed by atoms with Crippen molar-refractivity contribution in [2.45, 2.75) is 6.04 Å². The first-order chi connectivity index (χ1) is 11.0. The van der Waals surface area contributed by atoms with Crippen LogP contribution in [-0.2, 0) is 14.3 Å². The first-order valence-corrected chi connectivity index (χ1v) is 7.76. The number of ether oxygens (including phenoxy) is 1. The second kappa shape index (κ2) is 6.04. The van der Waals surface area contributed by atoms with Gasteiger partial charge in [-0.15, -0.1) is 0 Å². The molecule has 0 aliphatic carbocycles. The quantitative estimate of drug-likeness (QED) is 0.752. The highest BCUT2D eigenvalue weighted by molar-refractivity contribution is 9.10. The molecule has 2 N–H and O–H groups in total. The van der Waals surface area contributed by atoms with Gasteiger partial charge in [0.05, 0.1) is 18.7 Å². The summed E-state index contributed by atoms with van der Waals surface area (Å²) in [5.41, 5.74) is 0.859. The third-order valence-electron chi connectivity index (χ3n) is 3.75. The number of rotatable bonds is 2. The van der Waals surface area contributed by atoms with Gasteiger partial charge >= 0.3 is 12.0 Å². The van der Waals surface area contributed by atoms with Crippen LogP contribution >= 0.6 is 15.9 Å². The van der Waals surface area contributed by atoms with Crippen LogP contribution in [-0.4, -0.2) is 43.0 Å². The smallest absolute Gasteiger partial charge is 0.338 e. The number of carbonyl (C=O) groups is 3. The average Bonchev–Trinajstić information content (AvgIpc) is 2.54. The van der Waals surface area contributed by atoms with Gasteiger partial charge in [0.25, 0.3) is 5.91 Å². The number of carbonyl (C=O) groups excluding carboxylic acids is 3. The van der Waals surface area contributed by atoms with E-state index in [0.717, 1.165) is 4.47 Å². The van der Waals surface area contributed by atoms with Gasteiger partial charge in [0.1, 0.15) is 5.70 Å². The Morgan fingerprint density at radius 2 is 2.17 bits per heavy atom. The summed E-state index contributed by atoms with van der Waals surface area (Å²) in [6, 6.07) is 6.02. The molecule has 0 saturated carbocycles. The van der Waals surface area contributed by atoms with Crippen molar-refractivity contribution >= 4 is 33.8 Å². The SMILES string of the molecule is COC(=O)C1=C2C(=O)NCCN2C(=O)NC1c1cccc(Br)c1. The Morgan fingerprint density at radius 3 is 2.87 bits per heavy atom. The second-order valence-corrected chi connectivity index (χ2v) is 6.01. The lowest BCUT2D eigenvalue weighted by atomic mass is 9.93. The van der Waals surface area contributed by atoms with Gasteiger partial charge in [0.2, 0.25) is 0 Å². The number of piperazine rings is 1. The fourth-order valence-corrected chi connectivity index (χ4v) is 3.16. The van der Waals surface area contributed by atoms with E-state index >= 15 is 0 Å². The summed E-state index contributed by atoms with van der Waals surface area (Å²) in [5, 5.41) is 5.43. The number of hydrogen-bond donors (Lipinski definition) is 2. The van der Waals surface area contributed by atoms with E-state index in [2.05, 4.69) is 26.6 Å². The number of benzene rings is 1. The van der Waals surface area contributed by atoms with Crippen LogP contribution in [0.5, 0.6) is 0 Å². The van der Waals surface area contributed by atoms with Crippen LogP contribution in [0.1, 0.15) is 11.6 Å². The van der Waals surface area contributed by atoms with Crippen LogP contribution in [0, 0.1) is 0 Å². The van der Waals surface area contributed by atoms with E-state index in [4.69, 9.17) is 4.74 Å². The molecule has 23 heavy (non-hydrogen) atoms. The minimum atomic E-state index is -0.748. The van der Waals surface area contributed by atoms with Crippen molar-refractivity contribution in [3.63, 3.8) is 0 Å². The zero-order valence-electron chi connectivity index (χ0n) is 12.3. The molecule has 120 valence electrons. The fraction of sp³-hybridized carbons (Fsp3) is 0.267. The number of methoxy groups -OCH3 is 1. The molecule has 0 spiro atoms. The van der Waals surface area contributed by atoms with Crippen LogP contribution in [0.25, 0.3) is 0 Å². The van der Waals surface area contributed by atoms with Crippen molar-refractivity contribution < 1.29 is 19.1 Å². The predicted molar refractivity (Wildman–Crippen MR) is 84.2 cm³/mol. The Morgan fingerprint density at radius 1 is 1.39 bits per heavy atom.